The van der Waals surface area contributed by atoms with Gasteiger partial charge in [0.15, 0.2) is 6.10 Å². The van der Waals surface area contributed by atoms with Crippen molar-refractivity contribution in [1.82, 2.24) is 0 Å². The molecule has 1 rings (SSSR count). The highest BCUT2D eigenvalue weighted by Crippen LogP contribution is 2.53. The van der Waals surface area contributed by atoms with Crippen LogP contribution in [0.15, 0.2) is 0 Å². The van der Waals surface area contributed by atoms with Crippen molar-refractivity contribution >= 4 is 37.3 Å². The average Bonchev–Trinajstić information content (AvgIpc) is 2.66. The fourth-order valence-corrected chi connectivity index (χ4v) is 5.57. The highest BCUT2D eigenvalue weighted by molar-refractivity contribution is 7.47. The number of ether oxygens (including phenoxy) is 2. The molecule has 1 aliphatic carbocycles. The molecule has 1 fully saturated rings. The minimum atomic E-state index is -5.73. The molecule has 23 heteroatoms. The number of rotatable bonds is 15. The first-order chi connectivity index (χ1) is 16.7. The summed E-state index contributed by atoms with van der Waals surface area (Å²) in [6.45, 7) is 2.97. The van der Waals surface area contributed by atoms with Crippen LogP contribution in [0.4, 0.5) is 0 Å². The molecule has 8 N–H and O–H groups in total. The van der Waals surface area contributed by atoms with E-state index in [9.17, 15) is 62.2 Å². The molecule has 0 amide bonds. The molecular formula is C14H30O19P4. The maximum absolute atomic E-state index is 12.3. The Balaban J connectivity index is 3.88. The number of hydrogen-bond donors (Lipinski definition) is 8. The molecule has 0 aromatic rings. The second-order valence-corrected chi connectivity index (χ2v) is 12.4. The number of carbonyl (C=O) groups is 1. The number of hydrogen-bond acceptors (Lipinski definition) is 11. The highest BCUT2D eigenvalue weighted by atomic mass is 31.2. The molecule has 0 saturated heterocycles. The number of unbranched alkanes of at least 4 members (excludes halogenated alkanes) is 1. The van der Waals surface area contributed by atoms with E-state index in [4.69, 9.17) is 9.47 Å². The SMILES string of the molecule is CCCCO[C@H]1[C@@H](OC(=O)CCC)[C@H](OP(=O)(O)O)[C@@H](OP(=O)(O)O)[C@H](OP(=O)(O)O)[C@H]1OP(=O)(O)O. The van der Waals surface area contributed by atoms with Crippen molar-refractivity contribution in [1.29, 1.82) is 0 Å². The molecule has 0 aromatic carbocycles. The Labute approximate surface area is 210 Å². The number of phosphoric acid groups is 4. The van der Waals surface area contributed by atoms with E-state index in [0.29, 0.717) is 6.42 Å². The molecule has 6 atom stereocenters. The third-order valence-corrected chi connectivity index (χ3v) is 6.58. The van der Waals surface area contributed by atoms with E-state index in [2.05, 4.69) is 18.1 Å². The van der Waals surface area contributed by atoms with Crippen LogP contribution in [-0.2, 0) is 50.6 Å². The molecule has 0 radical (unpaired) electrons. The van der Waals surface area contributed by atoms with Gasteiger partial charge in [-0.3, -0.25) is 22.9 Å². The predicted octanol–water partition coefficient (Wildman–Crippen LogP) is -0.191. The number of esters is 1. The lowest BCUT2D eigenvalue weighted by Gasteiger charge is -2.48. The molecular weight excluding hydrogens is 596 g/mol. The van der Waals surface area contributed by atoms with Crippen LogP contribution < -0.4 is 0 Å². The molecule has 0 spiro atoms. The second kappa shape index (κ2) is 14.0. The summed E-state index contributed by atoms with van der Waals surface area (Å²) in [5, 5.41) is 0. The summed E-state index contributed by atoms with van der Waals surface area (Å²) in [4.78, 5) is 87.5. The summed E-state index contributed by atoms with van der Waals surface area (Å²) >= 11 is 0. The Morgan fingerprint density at radius 2 is 0.946 bits per heavy atom. The van der Waals surface area contributed by atoms with Gasteiger partial charge in [-0.2, -0.15) is 0 Å². The molecule has 19 nitrogen and oxygen atoms in total. The first kappa shape index (κ1) is 34.9. The molecule has 0 unspecified atom stereocenters. The van der Waals surface area contributed by atoms with Crippen LogP contribution in [0.3, 0.4) is 0 Å². The fraction of sp³-hybridized carbons (Fsp3) is 0.929. The molecule has 0 heterocycles. The smallest absolute Gasteiger partial charge is 0.457 e. The maximum atomic E-state index is 12.3. The molecule has 0 aliphatic heterocycles. The Morgan fingerprint density at radius 1 is 0.595 bits per heavy atom. The second-order valence-electron chi connectivity index (χ2n) is 7.64. The lowest BCUT2D eigenvalue weighted by atomic mass is 9.84. The van der Waals surface area contributed by atoms with Gasteiger partial charge in [0.2, 0.25) is 0 Å². The van der Waals surface area contributed by atoms with E-state index >= 15 is 0 Å². The number of phosphoric ester groups is 4. The van der Waals surface area contributed by atoms with Crippen LogP contribution >= 0.6 is 31.3 Å². The molecule has 37 heavy (non-hydrogen) atoms. The van der Waals surface area contributed by atoms with Gasteiger partial charge < -0.3 is 48.6 Å². The van der Waals surface area contributed by atoms with Crippen molar-refractivity contribution in [3.63, 3.8) is 0 Å². The van der Waals surface area contributed by atoms with Gasteiger partial charge in [0.05, 0.1) is 0 Å². The summed E-state index contributed by atoms with van der Waals surface area (Å²) in [6.07, 6.45) is -13.7. The van der Waals surface area contributed by atoms with Gasteiger partial charge in [0.1, 0.15) is 30.5 Å². The summed E-state index contributed by atoms with van der Waals surface area (Å²) < 4.78 is 75.5. The Bertz CT molecular complexity index is 933. The van der Waals surface area contributed by atoms with Gasteiger partial charge >= 0.3 is 37.3 Å². The van der Waals surface area contributed by atoms with Crippen molar-refractivity contribution in [3.05, 3.63) is 0 Å². The van der Waals surface area contributed by atoms with E-state index in [1.54, 1.807) is 13.8 Å². The van der Waals surface area contributed by atoms with Crippen LogP contribution in [-0.4, -0.2) is 88.3 Å². The zero-order chi connectivity index (χ0) is 28.8. The minimum absolute atomic E-state index is 0.186. The van der Waals surface area contributed by atoms with Crippen LogP contribution in [0, 0.1) is 0 Å². The summed E-state index contributed by atoms with van der Waals surface area (Å²) in [6, 6.07) is 0. The third kappa shape index (κ3) is 13.2. The van der Waals surface area contributed by atoms with Crippen molar-refractivity contribution in [2.24, 2.45) is 0 Å². The number of carbonyl (C=O) groups excluding carboxylic acids is 1. The summed E-state index contributed by atoms with van der Waals surface area (Å²) in [5.41, 5.74) is 0. The predicted molar refractivity (Wildman–Crippen MR) is 117 cm³/mol. The molecule has 220 valence electrons. The fourth-order valence-electron chi connectivity index (χ4n) is 3.34. The zero-order valence-corrected chi connectivity index (χ0v) is 22.9. The van der Waals surface area contributed by atoms with Gasteiger partial charge in [-0.15, -0.1) is 0 Å². The van der Waals surface area contributed by atoms with E-state index in [1.165, 1.54) is 0 Å². The van der Waals surface area contributed by atoms with Crippen molar-refractivity contribution < 1.29 is 89.8 Å². The first-order valence-electron chi connectivity index (χ1n) is 10.4. The molecule has 1 saturated carbocycles. The standard InChI is InChI=1S/C14H30O19P4/c1-3-5-7-28-9-10(29-8(15)6-4-2)12(31-35(19,20)21)14(33-37(25,26)27)13(32-36(22,23)24)11(9)30-34(16,17)18/h9-14H,3-7H2,1-2H3,(H2,16,17,18)(H2,19,20,21)(H2,22,23,24)(H2,25,26,27)/t9-,10+,11-,12-,13+,14+/m0/s1. The molecule has 0 bridgehead atoms. The van der Waals surface area contributed by atoms with Gasteiger partial charge in [-0.05, 0) is 12.8 Å². The maximum Gasteiger partial charge on any atom is 0.470 e. The van der Waals surface area contributed by atoms with Gasteiger partial charge in [0.25, 0.3) is 0 Å². The van der Waals surface area contributed by atoms with E-state index in [1.807, 2.05) is 0 Å². The lowest BCUT2D eigenvalue weighted by Crippen LogP contribution is -2.67. The van der Waals surface area contributed by atoms with Crippen LogP contribution in [0.5, 0.6) is 0 Å². The van der Waals surface area contributed by atoms with Crippen LogP contribution in [0.2, 0.25) is 0 Å². The summed E-state index contributed by atoms with van der Waals surface area (Å²) in [5.74, 6) is -1.07. The Kier molecular flexibility index (Phi) is 13.2. The van der Waals surface area contributed by atoms with E-state index in [0.717, 1.165) is 0 Å². The third-order valence-electron chi connectivity index (χ3n) is 4.51. The molecule has 0 aromatic heterocycles. The van der Waals surface area contributed by atoms with Gasteiger partial charge in [-0.25, -0.2) is 18.3 Å². The van der Waals surface area contributed by atoms with Crippen LogP contribution in [0.25, 0.3) is 0 Å². The van der Waals surface area contributed by atoms with Gasteiger partial charge in [0, 0.05) is 13.0 Å². The normalized spacial score (nSPS) is 27.7. The Hall–Kier alpha value is -0.130. The molecule has 1 aliphatic rings. The topological polar surface area (TPSA) is 303 Å². The van der Waals surface area contributed by atoms with E-state index < -0.39 is 73.9 Å². The highest BCUT2D eigenvalue weighted by Gasteiger charge is 2.61. The first-order valence-corrected chi connectivity index (χ1v) is 16.6. The Morgan fingerprint density at radius 3 is 1.27 bits per heavy atom. The largest absolute Gasteiger partial charge is 0.470 e. The van der Waals surface area contributed by atoms with Crippen molar-refractivity contribution in [3.8, 4) is 0 Å². The van der Waals surface area contributed by atoms with Crippen molar-refractivity contribution in [2.75, 3.05) is 6.61 Å². The van der Waals surface area contributed by atoms with Crippen molar-refractivity contribution in [2.45, 2.75) is 76.2 Å². The average molecular weight is 626 g/mol. The zero-order valence-electron chi connectivity index (χ0n) is 19.4. The van der Waals surface area contributed by atoms with E-state index in [-0.39, 0.29) is 25.9 Å². The minimum Gasteiger partial charge on any atom is -0.457 e. The quantitative estimate of drug-likeness (QED) is 0.0663. The summed E-state index contributed by atoms with van der Waals surface area (Å²) in [7, 11) is -22.7. The monoisotopic (exact) mass is 626 g/mol. The van der Waals surface area contributed by atoms with Crippen LogP contribution in [0.1, 0.15) is 39.5 Å². The van der Waals surface area contributed by atoms with Gasteiger partial charge in [-0.1, -0.05) is 20.3 Å². The lowest BCUT2D eigenvalue weighted by molar-refractivity contribution is -0.232.